The fraction of sp³-hybridized carbons (Fsp3) is 0.333. The Morgan fingerprint density at radius 1 is 1.70 bits per heavy atom. The van der Waals surface area contributed by atoms with E-state index in [0.29, 0.717) is 0 Å². The molecular formula is C6H8N4. The Bertz CT molecular complexity index is 228. The fourth-order valence-electron chi connectivity index (χ4n) is 0.987. The second kappa shape index (κ2) is 1.91. The van der Waals surface area contributed by atoms with Gasteiger partial charge in [-0.3, -0.25) is 10.0 Å². The molecule has 0 aromatic rings. The molecule has 1 unspecified atom stereocenters. The van der Waals surface area contributed by atoms with Crippen LogP contribution >= 0.6 is 0 Å². The Hall–Kier alpha value is -1.16. The minimum Gasteiger partial charge on any atom is -0.262 e. The highest BCUT2D eigenvalue weighted by Crippen LogP contribution is 2.04. The van der Waals surface area contributed by atoms with Crippen LogP contribution < -0.4 is 5.43 Å². The molecule has 0 saturated heterocycles. The molecule has 2 aliphatic heterocycles. The zero-order valence-corrected chi connectivity index (χ0v) is 5.65. The summed E-state index contributed by atoms with van der Waals surface area (Å²) in [6.07, 6.45) is 5.48. The highest BCUT2D eigenvalue weighted by molar-refractivity contribution is 6.30. The van der Waals surface area contributed by atoms with E-state index in [2.05, 4.69) is 15.4 Å². The number of nitrogens with zero attached hydrogens (tertiary/aromatic N) is 3. The molecule has 0 saturated carbocycles. The average Bonchev–Trinajstić information content (AvgIpc) is 2.27. The SMILES string of the molecule is CC1N=C2C=NC=CN2N1. The second-order valence-corrected chi connectivity index (χ2v) is 2.24. The molecule has 1 atom stereocenters. The van der Waals surface area contributed by atoms with E-state index in [1.54, 1.807) is 12.4 Å². The van der Waals surface area contributed by atoms with Crippen molar-refractivity contribution < 1.29 is 0 Å². The summed E-state index contributed by atoms with van der Waals surface area (Å²) in [7, 11) is 0. The zero-order chi connectivity index (χ0) is 6.97. The first-order chi connectivity index (χ1) is 4.86. The topological polar surface area (TPSA) is 40.0 Å². The number of amidine groups is 1. The third-order valence-electron chi connectivity index (χ3n) is 1.39. The molecule has 0 spiro atoms. The van der Waals surface area contributed by atoms with E-state index in [1.165, 1.54) is 0 Å². The first kappa shape index (κ1) is 5.61. The van der Waals surface area contributed by atoms with Crippen molar-refractivity contribution in [3.05, 3.63) is 12.4 Å². The molecule has 4 nitrogen and oxygen atoms in total. The molecule has 0 fully saturated rings. The van der Waals surface area contributed by atoms with Crippen molar-refractivity contribution in [1.29, 1.82) is 0 Å². The fourth-order valence-corrected chi connectivity index (χ4v) is 0.987. The summed E-state index contributed by atoms with van der Waals surface area (Å²) in [4.78, 5) is 8.18. The minimum atomic E-state index is 0.171. The zero-order valence-electron chi connectivity index (χ0n) is 5.65. The third-order valence-corrected chi connectivity index (χ3v) is 1.39. The molecule has 0 radical (unpaired) electrons. The average molecular weight is 136 g/mol. The van der Waals surface area contributed by atoms with Gasteiger partial charge in [0, 0.05) is 12.4 Å². The number of aliphatic imine (C=N–C) groups is 2. The van der Waals surface area contributed by atoms with Crippen LogP contribution in [-0.2, 0) is 0 Å². The highest BCUT2D eigenvalue weighted by atomic mass is 15.6. The summed E-state index contributed by atoms with van der Waals surface area (Å²) < 4.78 is 0. The van der Waals surface area contributed by atoms with Crippen molar-refractivity contribution in [1.82, 2.24) is 10.4 Å². The van der Waals surface area contributed by atoms with Crippen molar-refractivity contribution in [3.8, 4) is 0 Å². The molecule has 0 aliphatic carbocycles. The maximum absolute atomic E-state index is 4.24. The summed E-state index contributed by atoms with van der Waals surface area (Å²) in [5.74, 6) is 0.884. The van der Waals surface area contributed by atoms with Crippen molar-refractivity contribution in [2.75, 3.05) is 0 Å². The summed E-state index contributed by atoms with van der Waals surface area (Å²) in [6, 6.07) is 0. The van der Waals surface area contributed by atoms with Gasteiger partial charge in [0.25, 0.3) is 0 Å². The van der Waals surface area contributed by atoms with Crippen LogP contribution in [0.15, 0.2) is 22.4 Å². The number of rotatable bonds is 0. The molecule has 0 bridgehead atoms. The van der Waals surface area contributed by atoms with Gasteiger partial charge in [-0.25, -0.2) is 10.4 Å². The van der Waals surface area contributed by atoms with Crippen LogP contribution in [0.5, 0.6) is 0 Å². The van der Waals surface area contributed by atoms with Gasteiger partial charge >= 0.3 is 0 Å². The quantitative estimate of drug-likeness (QED) is 0.513. The van der Waals surface area contributed by atoms with E-state index in [1.807, 2.05) is 18.1 Å². The number of nitrogens with one attached hydrogen (secondary N) is 1. The Morgan fingerprint density at radius 2 is 2.60 bits per heavy atom. The summed E-state index contributed by atoms with van der Waals surface area (Å²) >= 11 is 0. The van der Waals surface area contributed by atoms with Crippen molar-refractivity contribution in [2.45, 2.75) is 13.1 Å². The maximum Gasteiger partial charge on any atom is 0.162 e. The smallest absolute Gasteiger partial charge is 0.162 e. The number of hydrazine groups is 1. The first-order valence-electron chi connectivity index (χ1n) is 3.19. The lowest BCUT2D eigenvalue weighted by Crippen LogP contribution is -2.36. The second-order valence-electron chi connectivity index (χ2n) is 2.24. The van der Waals surface area contributed by atoms with Gasteiger partial charge in [0.15, 0.2) is 5.84 Å². The normalized spacial score (nSPS) is 28.7. The molecule has 0 amide bonds. The van der Waals surface area contributed by atoms with Crippen LogP contribution in [0.25, 0.3) is 0 Å². The van der Waals surface area contributed by atoms with Crippen LogP contribution in [0, 0.1) is 0 Å². The van der Waals surface area contributed by atoms with Gasteiger partial charge in [-0.05, 0) is 6.92 Å². The number of hydrogen-bond donors (Lipinski definition) is 1. The third kappa shape index (κ3) is 0.733. The largest absolute Gasteiger partial charge is 0.262 e. The predicted octanol–water partition coefficient (Wildman–Crippen LogP) is 0.107. The maximum atomic E-state index is 4.24. The van der Waals surface area contributed by atoms with Gasteiger partial charge in [-0.2, -0.15) is 0 Å². The summed E-state index contributed by atoms with van der Waals surface area (Å²) in [5.41, 5.74) is 3.11. The number of hydrogen-bond acceptors (Lipinski definition) is 4. The Morgan fingerprint density at radius 3 is 3.40 bits per heavy atom. The van der Waals surface area contributed by atoms with Crippen molar-refractivity contribution in [3.63, 3.8) is 0 Å². The van der Waals surface area contributed by atoms with Gasteiger partial charge in [-0.1, -0.05) is 0 Å². The van der Waals surface area contributed by atoms with E-state index < -0.39 is 0 Å². The molecule has 0 aromatic heterocycles. The monoisotopic (exact) mass is 136 g/mol. The molecule has 1 N–H and O–H groups in total. The van der Waals surface area contributed by atoms with Gasteiger partial charge in [0.2, 0.25) is 0 Å². The van der Waals surface area contributed by atoms with Gasteiger partial charge in [0.05, 0.1) is 6.21 Å². The molecule has 2 heterocycles. The van der Waals surface area contributed by atoms with E-state index in [9.17, 15) is 0 Å². The molecule has 52 valence electrons. The van der Waals surface area contributed by atoms with E-state index in [-0.39, 0.29) is 6.17 Å². The lowest BCUT2D eigenvalue weighted by atomic mass is 10.5. The van der Waals surface area contributed by atoms with Crippen molar-refractivity contribution >= 4 is 12.1 Å². The predicted molar refractivity (Wildman–Crippen MR) is 39.5 cm³/mol. The lowest BCUT2D eigenvalue weighted by molar-refractivity contribution is 0.396. The van der Waals surface area contributed by atoms with Gasteiger partial charge in [-0.15, -0.1) is 0 Å². The summed E-state index contributed by atoms with van der Waals surface area (Å²) in [6.45, 7) is 1.99. The molecule has 2 aliphatic rings. The minimum absolute atomic E-state index is 0.171. The molecule has 4 heteroatoms. The molecule has 10 heavy (non-hydrogen) atoms. The van der Waals surface area contributed by atoms with Crippen LogP contribution in [-0.4, -0.2) is 23.2 Å². The van der Waals surface area contributed by atoms with Gasteiger partial charge < -0.3 is 0 Å². The first-order valence-corrected chi connectivity index (χ1v) is 3.19. The van der Waals surface area contributed by atoms with Crippen LogP contribution in [0.4, 0.5) is 0 Å². The van der Waals surface area contributed by atoms with Crippen molar-refractivity contribution in [2.24, 2.45) is 9.98 Å². The van der Waals surface area contributed by atoms with Gasteiger partial charge in [0.1, 0.15) is 6.17 Å². The van der Waals surface area contributed by atoms with E-state index in [4.69, 9.17) is 0 Å². The highest BCUT2D eigenvalue weighted by Gasteiger charge is 2.18. The van der Waals surface area contributed by atoms with Crippen LogP contribution in [0.1, 0.15) is 6.92 Å². The molecular weight excluding hydrogens is 128 g/mol. The van der Waals surface area contributed by atoms with Crippen LogP contribution in [0.2, 0.25) is 0 Å². The van der Waals surface area contributed by atoms with E-state index >= 15 is 0 Å². The Labute approximate surface area is 58.9 Å². The van der Waals surface area contributed by atoms with Crippen LogP contribution in [0.3, 0.4) is 0 Å². The molecule has 2 rings (SSSR count). The Balaban J connectivity index is 2.29. The molecule has 0 aromatic carbocycles. The summed E-state index contributed by atoms with van der Waals surface area (Å²) in [5, 5.41) is 1.86. The lowest BCUT2D eigenvalue weighted by Gasteiger charge is -2.14. The standard InChI is InChI=1S/C6H8N4/c1-5-8-6-4-7-2-3-10(6)9-5/h2-5,9H,1H3. The number of fused-ring (bicyclic) bond motifs is 1. The Kier molecular flexibility index (Phi) is 1.07. The van der Waals surface area contributed by atoms with E-state index in [0.717, 1.165) is 5.84 Å².